The Labute approximate surface area is 125 Å². The minimum Gasteiger partial charge on any atom is -0.404 e. The number of carbonyl (C=O) groups is 2. The summed E-state index contributed by atoms with van der Waals surface area (Å²) in [6, 6.07) is 3.71. The zero-order valence-electron chi connectivity index (χ0n) is 10.5. The molecule has 0 saturated carbocycles. The van der Waals surface area contributed by atoms with E-state index in [-0.39, 0.29) is 12.2 Å². The molecule has 10 heteroatoms. The smallest absolute Gasteiger partial charge is 0.404 e. The zero-order valence-corrected chi connectivity index (χ0v) is 12.0. The van der Waals surface area contributed by atoms with Crippen LogP contribution in [0.1, 0.15) is 0 Å². The van der Waals surface area contributed by atoms with E-state index in [0.29, 0.717) is 4.47 Å². The second-order valence-corrected chi connectivity index (χ2v) is 4.63. The Bertz CT molecular complexity index is 537. The molecule has 1 rings (SSSR count). The summed E-state index contributed by atoms with van der Waals surface area (Å²) in [7, 11) is 0. The Kier molecular flexibility index (Phi) is 5.97. The Morgan fingerprint density at radius 2 is 1.95 bits per heavy atom. The SMILES string of the molecule is NCC(=O)NCC(=O)Nc1ccc(Br)cc1OC(F)(F)F. The van der Waals surface area contributed by atoms with Crippen LogP contribution in [0.5, 0.6) is 5.75 Å². The molecule has 0 spiro atoms. The number of amides is 2. The molecule has 0 aliphatic heterocycles. The van der Waals surface area contributed by atoms with Gasteiger partial charge in [-0.15, -0.1) is 13.2 Å². The number of hydrogen-bond acceptors (Lipinski definition) is 4. The maximum absolute atomic E-state index is 12.3. The van der Waals surface area contributed by atoms with Crippen LogP contribution in [0.3, 0.4) is 0 Å². The fourth-order valence-corrected chi connectivity index (χ4v) is 1.59. The van der Waals surface area contributed by atoms with Gasteiger partial charge in [0.05, 0.1) is 18.8 Å². The van der Waals surface area contributed by atoms with E-state index in [1.807, 2.05) is 0 Å². The third-order valence-electron chi connectivity index (χ3n) is 2.07. The van der Waals surface area contributed by atoms with Crippen molar-refractivity contribution >= 4 is 33.4 Å². The molecule has 0 fully saturated rings. The topological polar surface area (TPSA) is 93.5 Å². The standard InChI is InChI=1S/C11H11BrF3N3O3/c12-6-1-2-7(8(3-6)21-11(13,14)15)18-10(20)5-17-9(19)4-16/h1-3H,4-5,16H2,(H,17,19)(H,18,20). The molecule has 0 heterocycles. The molecule has 0 atom stereocenters. The number of nitrogens with one attached hydrogen (secondary N) is 2. The predicted octanol–water partition coefficient (Wildman–Crippen LogP) is 1.36. The number of benzene rings is 1. The average Bonchev–Trinajstić information content (AvgIpc) is 2.37. The van der Waals surface area contributed by atoms with E-state index >= 15 is 0 Å². The summed E-state index contributed by atoms with van der Waals surface area (Å²) in [4.78, 5) is 22.4. The fourth-order valence-electron chi connectivity index (χ4n) is 1.25. The highest BCUT2D eigenvalue weighted by atomic mass is 79.9. The normalized spacial score (nSPS) is 10.9. The lowest BCUT2D eigenvalue weighted by Gasteiger charge is -2.14. The van der Waals surface area contributed by atoms with Gasteiger partial charge in [-0.2, -0.15) is 0 Å². The first kappa shape index (κ1) is 17.2. The Morgan fingerprint density at radius 1 is 1.29 bits per heavy atom. The maximum atomic E-state index is 12.3. The van der Waals surface area contributed by atoms with Gasteiger partial charge in [-0.25, -0.2) is 0 Å². The van der Waals surface area contributed by atoms with Gasteiger partial charge in [0.1, 0.15) is 0 Å². The van der Waals surface area contributed by atoms with Crippen molar-refractivity contribution in [1.29, 1.82) is 0 Å². The van der Waals surface area contributed by atoms with Crippen LogP contribution < -0.4 is 21.1 Å². The lowest BCUT2D eigenvalue weighted by atomic mass is 10.3. The summed E-state index contributed by atoms with van der Waals surface area (Å²) in [5, 5.41) is 4.38. The summed E-state index contributed by atoms with van der Waals surface area (Å²) in [6.45, 7) is -0.717. The number of hydrogen-bond donors (Lipinski definition) is 3. The lowest BCUT2D eigenvalue weighted by molar-refractivity contribution is -0.274. The highest BCUT2D eigenvalue weighted by Gasteiger charge is 2.32. The van der Waals surface area contributed by atoms with Gasteiger partial charge < -0.3 is 21.1 Å². The van der Waals surface area contributed by atoms with Gasteiger partial charge >= 0.3 is 6.36 Å². The van der Waals surface area contributed by atoms with Crippen molar-refractivity contribution in [2.24, 2.45) is 5.73 Å². The van der Waals surface area contributed by atoms with Crippen LogP contribution >= 0.6 is 15.9 Å². The summed E-state index contributed by atoms with van der Waals surface area (Å²) < 4.78 is 41.0. The first-order valence-corrected chi connectivity index (χ1v) is 6.32. The van der Waals surface area contributed by atoms with Crippen LogP contribution in [0, 0.1) is 0 Å². The number of rotatable bonds is 5. The molecule has 4 N–H and O–H groups in total. The van der Waals surface area contributed by atoms with Gasteiger partial charge in [-0.05, 0) is 18.2 Å². The van der Waals surface area contributed by atoms with Crippen LogP contribution in [-0.2, 0) is 9.59 Å². The summed E-state index contributed by atoms with van der Waals surface area (Å²) in [6.07, 6.45) is -4.89. The zero-order chi connectivity index (χ0) is 16.0. The van der Waals surface area contributed by atoms with Gasteiger partial charge in [0.25, 0.3) is 0 Å². The molecule has 0 aliphatic carbocycles. The van der Waals surface area contributed by atoms with Crippen LogP contribution in [0.2, 0.25) is 0 Å². The van der Waals surface area contributed by atoms with Gasteiger partial charge in [0, 0.05) is 4.47 Å². The number of ether oxygens (including phenoxy) is 1. The van der Waals surface area contributed by atoms with Crippen LogP contribution in [0.4, 0.5) is 18.9 Å². The second kappa shape index (κ2) is 7.27. The Balaban J connectivity index is 2.78. The number of nitrogens with two attached hydrogens (primary N) is 1. The van der Waals surface area contributed by atoms with E-state index in [4.69, 9.17) is 5.73 Å². The Hall–Kier alpha value is -1.81. The number of anilines is 1. The molecule has 1 aromatic carbocycles. The molecule has 2 amide bonds. The van der Waals surface area contributed by atoms with Gasteiger partial charge in [-0.1, -0.05) is 15.9 Å². The van der Waals surface area contributed by atoms with E-state index in [9.17, 15) is 22.8 Å². The first-order valence-electron chi connectivity index (χ1n) is 5.53. The fraction of sp³-hybridized carbons (Fsp3) is 0.273. The van der Waals surface area contributed by atoms with Crippen LogP contribution in [0.25, 0.3) is 0 Å². The predicted molar refractivity (Wildman–Crippen MR) is 71.5 cm³/mol. The molecule has 1 aromatic rings. The molecule has 0 bridgehead atoms. The molecular weight excluding hydrogens is 359 g/mol. The number of carbonyl (C=O) groups excluding carboxylic acids is 2. The maximum Gasteiger partial charge on any atom is 0.573 e. The molecule has 21 heavy (non-hydrogen) atoms. The molecule has 116 valence electrons. The van der Waals surface area contributed by atoms with Gasteiger partial charge in [0.2, 0.25) is 11.8 Å². The first-order chi connectivity index (χ1) is 9.71. The second-order valence-electron chi connectivity index (χ2n) is 3.72. The number of halogens is 4. The van der Waals surface area contributed by atoms with E-state index in [2.05, 4.69) is 31.3 Å². The van der Waals surface area contributed by atoms with Crippen LogP contribution in [-0.4, -0.2) is 31.3 Å². The molecular formula is C11H11BrF3N3O3. The molecule has 0 aliphatic rings. The summed E-state index contributed by atoms with van der Waals surface area (Å²) in [5.41, 5.74) is 4.85. The van der Waals surface area contributed by atoms with Crippen molar-refractivity contribution < 1.29 is 27.5 Å². The quantitative estimate of drug-likeness (QED) is 0.730. The minimum absolute atomic E-state index is 0.178. The molecule has 0 aromatic heterocycles. The molecule has 0 unspecified atom stereocenters. The molecule has 0 saturated heterocycles. The van der Waals surface area contributed by atoms with Crippen molar-refractivity contribution in [3.05, 3.63) is 22.7 Å². The van der Waals surface area contributed by atoms with Crippen molar-refractivity contribution in [3.63, 3.8) is 0 Å². The third kappa shape index (κ3) is 6.45. The van der Waals surface area contributed by atoms with Gasteiger partial charge in [0.15, 0.2) is 5.75 Å². The van der Waals surface area contributed by atoms with E-state index in [0.717, 1.165) is 6.07 Å². The third-order valence-corrected chi connectivity index (χ3v) is 2.57. The van der Waals surface area contributed by atoms with E-state index in [1.165, 1.54) is 12.1 Å². The summed E-state index contributed by atoms with van der Waals surface area (Å²) >= 11 is 3.00. The summed E-state index contributed by atoms with van der Waals surface area (Å²) in [5.74, 6) is -1.85. The van der Waals surface area contributed by atoms with E-state index < -0.39 is 30.5 Å². The molecule has 0 radical (unpaired) electrons. The number of alkyl halides is 3. The Morgan fingerprint density at radius 3 is 2.52 bits per heavy atom. The van der Waals surface area contributed by atoms with Gasteiger partial charge in [-0.3, -0.25) is 9.59 Å². The van der Waals surface area contributed by atoms with Crippen LogP contribution in [0.15, 0.2) is 22.7 Å². The van der Waals surface area contributed by atoms with Crippen molar-refractivity contribution in [3.8, 4) is 5.75 Å². The largest absolute Gasteiger partial charge is 0.573 e. The monoisotopic (exact) mass is 369 g/mol. The molecule has 6 nitrogen and oxygen atoms in total. The van der Waals surface area contributed by atoms with Crippen molar-refractivity contribution in [2.75, 3.05) is 18.4 Å². The lowest BCUT2D eigenvalue weighted by Crippen LogP contribution is -2.36. The minimum atomic E-state index is -4.89. The van der Waals surface area contributed by atoms with E-state index in [1.54, 1.807) is 0 Å². The average molecular weight is 370 g/mol. The highest BCUT2D eigenvalue weighted by Crippen LogP contribution is 2.32. The highest BCUT2D eigenvalue weighted by molar-refractivity contribution is 9.10. The van der Waals surface area contributed by atoms with Crippen molar-refractivity contribution in [2.45, 2.75) is 6.36 Å². The van der Waals surface area contributed by atoms with Crippen molar-refractivity contribution in [1.82, 2.24) is 5.32 Å².